The van der Waals surface area contributed by atoms with Gasteiger partial charge in [0, 0.05) is 0 Å². The second-order valence-corrected chi connectivity index (χ2v) is 14.9. The minimum atomic E-state index is -2.36. The van der Waals surface area contributed by atoms with E-state index in [1.54, 1.807) is 20.8 Å². The first-order valence-corrected chi connectivity index (χ1v) is 13.5. The average molecular weight is 456 g/mol. The molecular weight excluding hydrogens is 417 g/mol. The molecule has 1 amide bonds. The van der Waals surface area contributed by atoms with Crippen molar-refractivity contribution in [2.45, 2.75) is 90.4 Å². The van der Waals surface area contributed by atoms with Gasteiger partial charge in [-0.05, 0) is 44.5 Å². The van der Waals surface area contributed by atoms with Crippen LogP contribution in [0.1, 0.15) is 53.5 Å². The summed E-state index contributed by atoms with van der Waals surface area (Å²) in [7, 11) is -2.36. The van der Waals surface area contributed by atoms with Gasteiger partial charge in [-0.1, -0.05) is 51.1 Å². The van der Waals surface area contributed by atoms with Crippen LogP contribution < -0.4 is 5.32 Å². The predicted octanol–water partition coefficient (Wildman–Crippen LogP) is 5.37. The second kappa shape index (κ2) is 11.1. The van der Waals surface area contributed by atoms with Crippen LogP contribution in [0, 0.1) is 0 Å². The second-order valence-electron chi connectivity index (χ2n) is 10.2. The maximum atomic E-state index is 14.1. The lowest BCUT2D eigenvalue weighted by molar-refractivity contribution is -0.156. The van der Waals surface area contributed by atoms with Crippen molar-refractivity contribution >= 4 is 20.4 Å². The molecule has 176 valence electrons. The molecule has 0 aliphatic heterocycles. The summed E-state index contributed by atoms with van der Waals surface area (Å²) >= 11 is 0. The highest BCUT2D eigenvalue weighted by atomic mass is 28.4. The van der Waals surface area contributed by atoms with E-state index in [0.717, 1.165) is 5.56 Å². The Morgan fingerprint density at radius 2 is 1.65 bits per heavy atom. The lowest BCUT2D eigenvalue weighted by Gasteiger charge is -2.40. The van der Waals surface area contributed by atoms with Crippen molar-refractivity contribution in [2.75, 3.05) is 6.67 Å². The zero-order valence-corrected chi connectivity index (χ0v) is 21.1. The van der Waals surface area contributed by atoms with Crippen LogP contribution in [0.4, 0.5) is 9.18 Å². The number of carbonyl (C=O) groups excluding carboxylic acids is 2. The summed E-state index contributed by atoms with van der Waals surface area (Å²) < 4.78 is 30.9. The Hall–Kier alpha value is -1.93. The van der Waals surface area contributed by atoms with Crippen molar-refractivity contribution in [1.82, 2.24) is 5.32 Å². The first-order chi connectivity index (χ1) is 14.1. The van der Waals surface area contributed by atoms with Crippen LogP contribution in [-0.2, 0) is 25.3 Å². The van der Waals surface area contributed by atoms with Gasteiger partial charge in [0.15, 0.2) is 8.32 Å². The van der Waals surface area contributed by atoms with Crippen LogP contribution >= 0.6 is 0 Å². The number of ether oxygens (including phenoxy) is 2. The number of alkyl halides is 1. The Kier molecular flexibility index (Phi) is 9.69. The minimum absolute atomic E-state index is 0.0647. The average Bonchev–Trinajstić information content (AvgIpc) is 2.62. The molecule has 0 saturated carbocycles. The summed E-state index contributed by atoms with van der Waals surface area (Å²) in [5, 5.41) is 2.46. The molecule has 0 aliphatic rings. The van der Waals surface area contributed by atoms with Gasteiger partial charge in [-0.25, -0.2) is 9.18 Å². The van der Waals surface area contributed by atoms with E-state index in [2.05, 4.69) is 5.32 Å². The van der Waals surface area contributed by atoms with Gasteiger partial charge in [-0.15, -0.1) is 0 Å². The van der Waals surface area contributed by atoms with E-state index in [-0.39, 0.29) is 18.1 Å². The topological polar surface area (TPSA) is 73.9 Å². The van der Waals surface area contributed by atoms with E-state index in [9.17, 15) is 14.0 Å². The Labute approximate surface area is 187 Å². The molecule has 1 aromatic rings. The Morgan fingerprint density at radius 1 is 1.06 bits per heavy atom. The minimum Gasteiger partial charge on any atom is -0.460 e. The van der Waals surface area contributed by atoms with Gasteiger partial charge in [0.1, 0.15) is 18.9 Å². The first kappa shape index (κ1) is 27.1. The summed E-state index contributed by atoms with van der Waals surface area (Å²) in [4.78, 5) is 24.9. The number of hydrogen-bond acceptors (Lipinski definition) is 5. The molecule has 2 atom stereocenters. The molecular formula is C23H38FNO5Si. The van der Waals surface area contributed by atoms with E-state index < -0.39 is 44.8 Å². The molecule has 31 heavy (non-hydrogen) atoms. The summed E-state index contributed by atoms with van der Waals surface area (Å²) in [6, 6.07) is 8.29. The monoisotopic (exact) mass is 455 g/mol. The molecule has 6 nitrogen and oxygen atoms in total. The van der Waals surface area contributed by atoms with E-state index in [0.29, 0.717) is 0 Å². The lowest BCUT2D eigenvalue weighted by Crippen LogP contribution is -2.53. The number of esters is 1. The van der Waals surface area contributed by atoms with E-state index in [1.165, 1.54) is 0 Å². The molecule has 1 rings (SSSR count). The molecule has 0 heterocycles. The van der Waals surface area contributed by atoms with Crippen LogP contribution in [0.25, 0.3) is 0 Å². The van der Waals surface area contributed by atoms with Crippen LogP contribution in [-0.4, -0.2) is 44.8 Å². The zero-order valence-electron chi connectivity index (χ0n) is 20.1. The first-order valence-electron chi connectivity index (χ1n) is 10.6. The maximum Gasteiger partial charge on any atom is 0.407 e. The zero-order chi connectivity index (χ0) is 23.9. The predicted molar refractivity (Wildman–Crippen MR) is 122 cm³/mol. The molecule has 0 saturated heterocycles. The van der Waals surface area contributed by atoms with Crippen LogP contribution in [0.15, 0.2) is 30.3 Å². The third kappa shape index (κ3) is 9.82. The van der Waals surface area contributed by atoms with Gasteiger partial charge in [0.05, 0.1) is 18.6 Å². The smallest absolute Gasteiger partial charge is 0.407 e. The molecule has 1 aromatic carbocycles. The maximum absolute atomic E-state index is 14.1. The number of amides is 1. The van der Waals surface area contributed by atoms with Gasteiger partial charge in [0.2, 0.25) is 0 Å². The number of nitrogens with one attached hydrogen (secondary N) is 1. The summed E-state index contributed by atoms with van der Waals surface area (Å²) in [5.41, 5.74) is 0.127. The quantitative estimate of drug-likeness (QED) is 0.400. The van der Waals surface area contributed by atoms with Gasteiger partial charge in [-0.2, -0.15) is 0 Å². The fourth-order valence-corrected chi connectivity index (χ4v) is 3.87. The molecule has 0 spiro atoms. The summed E-state index contributed by atoms with van der Waals surface area (Å²) in [6.07, 6.45) is -1.95. The van der Waals surface area contributed by atoms with Crippen molar-refractivity contribution in [3.05, 3.63) is 35.9 Å². The SMILES string of the molecule is CC(C)(C)OC(=O)C[C@@H](NC(=O)OCc1ccccc1)[C@@H](CF)O[Si](C)(C)C(C)(C)C. The number of carbonyl (C=O) groups is 2. The molecule has 8 heteroatoms. The number of rotatable bonds is 9. The van der Waals surface area contributed by atoms with Gasteiger partial charge >= 0.3 is 12.1 Å². The highest BCUT2D eigenvalue weighted by Crippen LogP contribution is 2.37. The Morgan fingerprint density at radius 3 is 2.13 bits per heavy atom. The molecule has 0 radical (unpaired) electrons. The van der Waals surface area contributed by atoms with Crippen molar-refractivity contribution in [3.63, 3.8) is 0 Å². The van der Waals surface area contributed by atoms with E-state index in [1.807, 2.05) is 64.2 Å². The van der Waals surface area contributed by atoms with Crippen molar-refractivity contribution in [3.8, 4) is 0 Å². The fraction of sp³-hybridized carbons (Fsp3) is 0.652. The summed E-state index contributed by atoms with van der Waals surface area (Å²) in [5.74, 6) is -0.543. The molecule has 0 aliphatic carbocycles. The Bertz CT molecular complexity index is 713. The Balaban J connectivity index is 2.94. The highest BCUT2D eigenvalue weighted by Gasteiger charge is 2.42. The van der Waals surface area contributed by atoms with Gasteiger partial charge < -0.3 is 19.2 Å². The number of alkyl carbamates (subject to hydrolysis) is 1. The number of benzene rings is 1. The lowest BCUT2D eigenvalue weighted by atomic mass is 10.1. The largest absolute Gasteiger partial charge is 0.460 e. The van der Waals surface area contributed by atoms with Gasteiger partial charge in [-0.3, -0.25) is 4.79 Å². The number of hydrogen-bond donors (Lipinski definition) is 1. The van der Waals surface area contributed by atoms with E-state index in [4.69, 9.17) is 13.9 Å². The van der Waals surface area contributed by atoms with Gasteiger partial charge in [0.25, 0.3) is 0 Å². The highest BCUT2D eigenvalue weighted by molar-refractivity contribution is 6.74. The van der Waals surface area contributed by atoms with E-state index >= 15 is 0 Å². The molecule has 0 aromatic heterocycles. The van der Waals surface area contributed by atoms with Crippen molar-refractivity contribution in [2.24, 2.45) is 0 Å². The third-order valence-electron chi connectivity index (χ3n) is 5.18. The molecule has 1 N–H and O–H groups in total. The van der Waals surface area contributed by atoms with Crippen molar-refractivity contribution in [1.29, 1.82) is 0 Å². The fourth-order valence-electron chi connectivity index (χ4n) is 2.53. The third-order valence-corrected chi connectivity index (χ3v) is 9.68. The molecule has 0 unspecified atom stereocenters. The molecule has 0 bridgehead atoms. The molecule has 0 fully saturated rings. The van der Waals surface area contributed by atoms with Crippen LogP contribution in [0.2, 0.25) is 18.1 Å². The normalized spacial score (nSPS) is 14.5. The number of halogens is 1. The standard InChI is InChI=1S/C23H38FNO5Si/c1-22(2,3)29-20(26)14-18(19(15-24)30-31(7,8)23(4,5)6)25-21(27)28-16-17-12-10-9-11-13-17/h9-13,18-19H,14-16H2,1-8H3,(H,25,27)/t18-,19-/m1/s1. The van der Waals surface area contributed by atoms with Crippen LogP contribution in [0.3, 0.4) is 0 Å². The van der Waals surface area contributed by atoms with Crippen LogP contribution in [0.5, 0.6) is 0 Å². The van der Waals surface area contributed by atoms with Crippen molar-refractivity contribution < 1.29 is 27.9 Å². The summed E-state index contributed by atoms with van der Waals surface area (Å²) in [6.45, 7) is 14.6.